The number of benzene rings is 2. The number of carbonyl (C=O) groups excluding carboxylic acids is 4. The quantitative estimate of drug-likeness (QED) is 0.290. The number of rotatable bonds is 15. The van der Waals surface area contributed by atoms with Gasteiger partial charge in [0, 0.05) is 33.6 Å². The molecule has 1 saturated heterocycles. The maximum Gasteiger partial charge on any atom is 0.244 e. The van der Waals surface area contributed by atoms with Gasteiger partial charge in [0.05, 0.1) is 19.8 Å². The molecule has 0 aliphatic carbocycles. The Kier molecular flexibility index (Phi) is 13.6. The summed E-state index contributed by atoms with van der Waals surface area (Å²) in [6, 6.07) is 16.7. The summed E-state index contributed by atoms with van der Waals surface area (Å²) in [5.41, 5.74) is 1.96. The summed E-state index contributed by atoms with van der Waals surface area (Å²) >= 11 is 0. The number of nitrogens with one attached hydrogen (secondary N) is 3. The average Bonchev–Trinajstić information content (AvgIpc) is 2.99. The summed E-state index contributed by atoms with van der Waals surface area (Å²) in [6.45, 7) is 6.55. The summed E-state index contributed by atoms with van der Waals surface area (Å²) in [5.74, 6) is -1.25. The van der Waals surface area contributed by atoms with Gasteiger partial charge in [-0.15, -0.1) is 0 Å². The highest BCUT2D eigenvalue weighted by Gasteiger charge is 2.31. The van der Waals surface area contributed by atoms with Crippen molar-refractivity contribution in [1.29, 1.82) is 0 Å². The molecule has 0 bridgehead atoms. The predicted molar refractivity (Wildman–Crippen MR) is 166 cm³/mol. The Bertz CT molecular complexity index is 1170. The Morgan fingerprint density at radius 3 is 1.93 bits per heavy atom. The second kappa shape index (κ2) is 17.4. The van der Waals surface area contributed by atoms with Crippen LogP contribution in [0.3, 0.4) is 0 Å². The first-order chi connectivity index (χ1) is 20.6. The van der Waals surface area contributed by atoms with Crippen LogP contribution in [-0.4, -0.2) is 98.5 Å². The Morgan fingerprint density at radius 1 is 0.791 bits per heavy atom. The van der Waals surface area contributed by atoms with E-state index in [2.05, 4.69) is 16.0 Å². The number of morpholine rings is 1. The summed E-state index contributed by atoms with van der Waals surface area (Å²) in [5, 5.41) is 8.72. The highest BCUT2D eigenvalue weighted by molar-refractivity contribution is 5.94. The van der Waals surface area contributed by atoms with E-state index >= 15 is 0 Å². The molecule has 0 unspecified atom stereocenters. The highest BCUT2D eigenvalue weighted by atomic mass is 16.5. The van der Waals surface area contributed by atoms with E-state index in [0.717, 1.165) is 11.1 Å². The van der Waals surface area contributed by atoms with Crippen LogP contribution in [0.15, 0.2) is 60.7 Å². The Morgan fingerprint density at radius 2 is 1.35 bits per heavy atom. The molecule has 0 aromatic heterocycles. The molecule has 3 rings (SSSR count). The fourth-order valence-electron chi connectivity index (χ4n) is 5.04. The van der Waals surface area contributed by atoms with Crippen LogP contribution in [-0.2, 0) is 36.8 Å². The van der Waals surface area contributed by atoms with E-state index in [4.69, 9.17) is 4.74 Å². The molecule has 10 nitrogen and oxygen atoms in total. The Hall–Kier alpha value is -3.76. The van der Waals surface area contributed by atoms with Gasteiger partial charge in [0.2, 0.25) is 23.6 Å². The van der Waals surface area contributed by atoms with Gasteiger partial charge in [-0.2, -0.15) is 0 Å². The standard InChI is InChI=1S/C33H47N5O5/c1-24(2)21-28(32(41)36-29(33(42)37(3)4)22-26-13-9-6-10-14-26)35-31(40)27(16-15-25-11-7-5-8-12-25)34-30(39)23-38-17-19-43-20-18-38/h5-14,24,27-29H,15-23H2,1-4H3,(H,34,39)(H,35,40)(H,36,41)/t27-,28-,29-/m0/s1. The van der Waals surface area contributed by atoms with Crippen LogP contribution < -0.4 is 16.0 Å². The molecule has 3 atom stereocenters. The molecule has 1 fully saturated rings. The van der Waals surface area contributed by atoms with Gasteiger partial charge >= 0.3 is 0 Å². The third-order valence-corrected chi connectivity index (χ3v) is 7.37. The smallest absolute Gasteiger partial charge is 0.244 e. The van der Waals surface area contributed by atoms with Gasteiger partial charge in [0.15, 0.2) is 0 Å². The fourth-order valence-corrected chi connectivity index (χ4v) is 5.04. The normalized spacial score (nSPS) is 15.7. The number of aryl methyl sites for hydroxylation is 1. The van der Waals surface area contributed by atoms with Gasteiger partial charge in [-0.1, -0.05) is 74.5 Å². The summed E-state index contributed by atoms with van der Waals surface area (Å²) in [7, 11) is 3.30. The van der Waals surface area contributed by atoms with Crippen molar-refractivity contribution < 1.29 is 23.9 Å². The molecule has 0 saturated carbocycles. The lowest BCUT2D eigenvalue weighted by atomic mass is 9.99. The van der Waals surface area contributed by atoms with Gasteiger partial charge < -0.3 is 25.6 Å². The fraction of sp³-hybridized carbons (Fsp3) is 0.515. The molecule has 3 N–H and O–H groups in total. The van der Waals surface area contributed by atoms with Crippen molar-refractivity contribution in [3.63, 3.8) is 0 Å². The predicted octanol–water partition coefficient (Wildman–Crippen LogP) is 1.78. The molecule has 2 aromatic rings. The van der Waals surface area contributed by atoms with Crippen molar-refractivity contribution in [1.82, 2.24) is 25.8 Å². The van der Waals surface area contributed by atoms with E-state index in [1.165, 1.54) is 4.90 Å². The lowest BCUT2D eigenvalue weighted by Gasteiger charge is -2.28. The topological polar surface area (TPSA) is 120 Å². The van der Waals surface area contributed by atoms with Crippen LogP contribution >= 0.6 is 0 Å². The van der Waals surface area contributed by atoms with E-state index in [0.29, 0.717) is 52.0 Å². The Labute approximate surface area is 255 Å². The average molecular weight is 594 g/mol. The maximum atomic E-state index is 13.7. The summed E-state index contributed by atoms with van der Waals surface area (Å²) < 4.78 is 5.38. The zero-order valence-corrected chi connectivity index (χ0v) is 25.9. The van der Waals surface area contributed by atoms with E-state index in [1.807, 2.05) is 79.4 Å². The van der Waals surface area contributed by atoms with E-state index in [9.17, 15) is 19.2 Å². The largest absolute Gasteiger partial charge is 0.379 e. The van der Waals surface area contributed by atoms with Crippen LogP contribution in [0.2, 0.25) is 0 Å². The molecule has 1 heterocycles. The van der Waals surface area contributed by atoms with Gasteiger partial charge in [-0.3, -0.25) is 24.1 Å². The van der Waals surface area contributed by atoms with Crippen molar-refractivity contribution >= 4 is 23.6 Å². The molecule has 43 heavy (non-hydrogen) atoms. The zero-order chi connectivity index (χ0) is 31.2. The van der Waals surface area contributed by atoms with Crippen LogP contribution in [0.5, 0.6) is 0 Å². The molecule has 0 spiro atoms. The van der Waals surface area contributed by atoms with Gasteiger partial charge in [0.1, 0.15) is 18.1 Å². The molecule has 2 aromatic carbocycles. The number of ether oxygens (including phenoxy) is 1. The SMILES string of the molecule is CC(C)C[C@H](NC(=O)[C@H](CCc1ccccc1)NC(=O)CN1CCOCC1)C(=O)N[C@@H](Cc1ccccc1)C(=O)N(C)C. The first-order valence-electron chi connectivity index (χ1n) is 15.1. The summed E-state index contributed by atoms with van der Waals surface area (Å²) in [4.78, 5) is 56.8. The molecule has 234 valence electrons. The number of likely N-dealkylation sites (N-methyl/N-ethyl adjacent to an activating group) is 1. The first-order valence-corrected chi connectivity index (χ1v) is 15.1. The second-order valence-corrected chi connectivity index (χ2v) is 11.7. The lowest BCUT2D eigenvalue weighted by molar-refractivity contribution is -0.136. The zero-order valence-electron chi connectivity index (χ0n) is 25.9. The van der Waals surface area contributed by atoms with Gasteiger partial charge in [0.25, 0.3) is 0 Å². The number of nitrogens with zero attached hydrogens (tertiary/aromatic N) is 2. The number of hydrogen-bond acceptors (Lipinski definition) is 6. The van der Waals surface area contributed by atoms with Crippen LogP contribution in [0.4, 0.5) is 0 Å². The molecule has 1 aliphatic heterocycles. The molecular weight excluding hydrogens is 546 g/mol. The van der Waals surface area contributed by atoms with Crippen molar-refractivity contribution in [2.24, 2.45) is 5.92 Å². The molecular formula is C33H47N5O5. The second-order valence-electron chi connectivity index (χ2n) is 11.7. The maximum absolute atomic E-state index is 13.7. The lowest BCUT2D eigenvalue weighted by Crippen LogP contribution is -2.58. The molecule has 4 amide bonds. The highest BCUT2D eigenvalue weighted by Crippen LogP contribution is 2.11. The number of carbonyl (C=O) groups is 4. The van der Waals surface area contributed by atoms with Crippen molar-refractivity contribution in [3.8, 4) is 0 Å². The van der Waals surface area contributed by atoms with E-state index in [1.54, 1.807) is 14.1 Å². The molecule has 10 heteroatoms. The van der Waals surface area contributed by atoms with Gasteiger partial charge in [-0.05, 0) is 36.3 Å². The molecule has 1 aliphatic rings. The van der Waals surface area contributed by atoms with E-state index < -0.39 is 29.9 Å². The third kappa shape index (κ3) is 11.8. The number of amides is 4. The Balaban J connectivity index is 1.74. The molecule has 0 radical (unpaired) electrons. The number of hydrogen-bond donors (Lipinski definition) is 3. The van der Waals surface area contributed by atoms with Crippen LogP contribution in [0, 0.1) is 5.92 Å². The van der Waals surface area contributed by atoms with Crippen molar-refractivity contribution in [2.45, 2.75) is 57.7 Å². The van der Waals surface area contributed by atoms with Gasteiger partial charge in [-0.25, -0.2) is 0 Å². The minimum absolute atomic E-state index is 0.0897. The minimum atomic E-state index is -0.879. The van der Waals surface area contributed by atoms with Crippen molar-refractivity contribution in [3.05, 3.63) is 71.8 Å². The van der Waals surface area contributed by atoms with E-state index in [-0.39, 0.29) is 24.3 Å². The van der Waals surface area contributed by atoms with Crippen LogP contribution in [0.1, 0.15) is 37.8 Å². The van der Waals surface area contributed by atoms with Crippen LogP contribution in [0.25, 0.3) is 0 Å². The summed E-state index contributed by atoms with van der Waals surface area (Å²) in [6.07, 6.45) is 1.65. The monoisotopic (exact) mass is 593 g/mol. The minimum Gasteiger partial charge on any atom is -0.379 e. The first kappa shape index (κ1) is 33.7. The third-order valence-electron chi connectivity index (χ3n) is 7.37. The van der Waals surface area contributed by atoms with Crippen molar-refractivity contribution in [2.75, 3.05) is 46.9 Å².